The Morgan fingerprint density at radius 2 is 2.38 bits per heavy atom. The number of aromatic nitrogens is 1. The molecule has 0 radical (unpaired) electrons. The number of rotatable bonds is 5. The molecule has 2 atom stereocenters. The molecule has 2 rings (SSSR count). The lowest BCUT2D eigenvalue weighted by atomic mass is 9.90. The molecule has 1 aromatic heterocycles. The quantitative estimate of drug-likeness (QED) is 0.619. The normalized spacial score (nSPS) is 22.1. The summed E-state index contributed by atoms with van der Waals surface area (Å²) in [5, 5.41) is 0. The van der Waals surface area contributed by atoms with Gasteiger partial charge in [-0.1, -0.05) is 0 Å². The van der Waals surface area contributed by atoms with Crippen LogP contribution < -0.4 is 11.3 Å². The molecule has 118 valence electrons. The first kappa shape index (κ1) is 16.3. The molecule has 0 saturated carbocycles. The molecule has 0 aromatic carbocycles. The van der Waals surface area contributed by atoms with Crippen molar-refractivity contribution in [3.8, 4) is 0 Å². The highest BCUT2D eigenvalue weighted by Crippen LogP contribution is 2.28. The van der Waals surface area contributed by atoms with Gasteiger partial charge in [-0.25, -0.2) is 17.1 Å². The molecule has 6 nitrogen and oxygen atoms in total. The molecule has 1 aliphatic heterocycles. The van der Waals surface area contributed by atoms with Gasteiger partial charge in [-0.05, 0) is 31.2 Å². The zero-order chi connectivity index (χ0) is 15.5. The van der Waals surface area contributed by atoms with Gasteiger partial charge in [0.25, 0.3) is 0 Å². The van der Waals surface area contributed by atoms with Crippen LogP contribution in [-0.4, -0.2) is 37.1 Å². The lowest BCUT2D eigenvalue weighted by Crippen LogP contribution is -2.41. The lowest BCUT2D eigenvalue weighted by molar-refractivity contribution is 0.237. The van der Waals surface area contributed by atoms with Gasteiger partial charge in [0.05, 0.1) is 12.5 Å². The number of pyridine rings is 1. The number of sulfonamides is 1. The van der Waals surface area contributed by atoms with Crippen LogP contribution in [0.3, 0.4) is 0 Å². The number of nitrogens with one attached hydrogen (secondary N) is 1. The van der Waals surface area contributed by atoms with Crippen LogP contribution in [0.4, 0.5) is 4.39 Å². The van der Waals surface area contributed by atoms with Crippen LogP contribution >= 0.6 is 0 Å². The van der Waals surface area contributed by atoms with Crippen molar-refractivity contribution in [2.75, 3.05) is 19.3 Å². The van der Waals surface area contributed by atoms with Crippen molar-refractivity contribution in [3.05, 3.63) is 29.8 Å². The van der Waals surface area contributed by atoms with E-state index in [2.05, 4.69) is 10.4 Å². The second-order valence-corrected chi connectivity index (χ2v) is 7.46. The summed E-state index contributed by atoms with van der Waals surface area (Å²) in [6.45, 7) is 1.02. The maximum absolute atomic E-state index is 13.8. The maximum Gasteiger partial charge on any atom is 0.211 e. The smallest absolute Gasteiger partial charge is 0.211 e. The highest BCUT2D eigenvalue weighted by molar-refractivity contribution is 7.88. The molecule has 8 heteroatoms. The zero-order valence-electron chi connectivity index (χ0n) is 12.0. The minimum atomic E-state index is -3.18. The van der Waals surface area contributed by atoms with Crippen LogP contribution in [0.15, 0.2) is 18.5 Å². The molecule has 3 N–H and O–H groups in total. The third-order valence-electron chi connectivity index (χ3n) is 3.90. The van der Waals surface area contributed by atoms with Gasteiger partial charge in [0, 0.05) is 30.9 Å². The summed E-state index contributed by atoms with van der Waals surface area (Å²) in [5.41, 5.74) is 3.09. The minimum absolute atomic E-state index is 0.155. The van der Waals surface area contributed by atoms with Gasteiger partial charge >= 0.3 is 0 Å². The summed E-state index contributed by atoms with van der Waals surface area (Å²) in [7, 11) is -3.18. The summed E-state index contributed by atoms with van der Waals surface area (Å²) in [4.78, 5) is 3.72. The van der Waals surface area contributed by atoms with Crippen LogP contribution in [-0.2, 0) is 10.0 Å². The average Bonchev–Trinajstić information content (AvgIpc) is 2.45. The van der Waals surface area contributed by atoms with Gasteiger partial charge in [-0.15, -0.1) is 0 Å². The fourth-order valence-electron chi connectivity index (χ4n) is 2.81. The number of hydrazine groups is 1. The zero-order valence-corrected chi connectivity index (χ0v) is 12.8. The van der Waals surface area contributed by atoms with Gasteiger partial charge in [0.2, 0.25) is 10.0 Å². The van der Waals surface area contributed by atoms with Gasteiger partial charge in [0.1, 0.15) is 5.82 Å². The minimum Gasteiger partial charge on any atom is -0.271 e. The third-order valence-corrected chi connectivity index (χ3v) is 5.17. The average molecular weight is 316 g/mol. The molecule has 2 heterocycles. The van der Waals surface area contributed by atoms with Gasteiger partial charge in [-0.2, -0.15) is 0 Å². The van der Waals surface area contributed by atoms with Gasteiger partial charge in [-0.3, -0.25) is 16.3 Å². The van der Waals surface area contributed by atoms with Crippen LogP contribution in [0.5, 0.6) is 0 Å². The molecular weight excluding hydrogens is 295 g/mol. The van der Waals surface area contributed by atoms with Crippen LogP contribution in [0.2, 0.25) is 0 Å². The Bertz CT molecular complexity index is 581. The second kappa shape index (κ2) is 6.78. The van der Waals surface area contributed by atoms with Crippen LogP contribution in [0.1, 0.15) is 30.9 Å². The second-order valence-electron chi connectivity index (χ2n) is 5.48. The van der Waals surface area contributed by atoms with Crippen molar-refractivity contribution >= 4 is 10.0 Å². The fraction of sp³-hybridized carbons (Fsp3) is 0.615. The summed E-state index contributed by atoms with van der Waals surface area (Å²) in [5.74, 6) is 5.29. The predicted molar refractivity (Wildman–Crippen MR) is 78.0 cm³/mol. The molecule has 1 fully saturated rings. The third kappa shape index (κ3) is 4.19. The molecule has 0 bridgehead atoms. The van der Waals surface area contributed by atoms with Gasteiger partial charge < -0.3 is 0 Å². The fourth-order valence-corrected chi connectivity index (χ4v) is 3.75. The Morgan fingerprint density at radius 1 is 1.62 bits per heavy atom. The monoisotopic (exact) mass is 316 g/mol. The van der Waals surface area contributed by atoms with E-state index in [1.165, 1.54) is 16.8 Å². The van der Waals surface area contributed by atoms with Crippen molar-refractivity contribution in [3.63, 3.8) is 0 Å². The maximum atomic E-state index is 13.8. The summed E-state index contributed by atoms with van der Waals surface area (Å²) in [6, 6.07) is 1.24. The van der Waals surface area contributed by atoms with Crippen molar-refractivity contribution < 1.29 is 12.8 Å². The van der Waals surface area contributed by atoms with Crippen molar-refractivity contribution in [2.24, 2.45) is 11.8 Å². The highest BCUT2D eigenvalue weighted by Gasteiger charge is 2.28. The Balaban J connectivity index is 2.07. The first-order valence-electron chi connectivity index (χ1n) is 6.92. The van der Waals surface area contributed by atoms with E-state index in [0.717, 1.165) is 19.0 Å². The van der Waals surface area contributed by atoms with E-state index in [4.69, 9.17) is 5.84 Å². The van der Waals surface area contributed by atoms with E-state index in [9.17, 15) is 12.8 Å². The SMILES string of the molecule is CS(=O)(=O)N1CCCC(CC(NN)c2ccncc2F)C1. The number of hydrogen-bond acceptors (Lipinski definition) is 5. The summed E-state index contributed by atoms with van der Waals surface area (Å²) in [6.07, 6.45) is 6.21. The lowest BCUT2D eigenvalue weighted by Gasteiger charge is -2.33. The number of piperidine rings is 1. The highest BCUT2D eigenvalue weighted by atomic mass is 32.2. The van der Waals surface area contributed by atoms with E-state index in [1.807, 2.05) is 0 Å². The molecule has 0 spiro atoms. The first-order valence-corrected chi connectivity index (χ1v) is 8.77. The van der Waals surface area contributed by atoms with E-state index in [-0.39, 0.29) is 12.0 Å². The summed E-state index contributed by atoms with van der Waals surface area (Å²) >= 11 is 0. The first-order chi connectivity index (χ1) is 9.91. The van der Waals surface area contributed by atoms with Crippen molar-refractivity contribution in [2.45, 2.75) is 25.3 Å². The molecule has 1 aliphatic rings. The van der Waals surface area contributed by atoms with E-state index < -0.39 is 15.8 Å². The molecule has 1 aromatic rings. The Kier molecular flexibility index (Phi) is 5.26. The largest absolute Gasteiger partial charge is 0.271 e. The van der Waals surface area contributed by atoms with Crippen molar-refractivity contribution in [1.29, 1.82) is 0 Å². The van der Waals surface area contributed by atoms with E-state index in [0.29, 0.717) is 25.1 Å². The standard InChI is InChI=1S/C13H21FN4O2S/c1-21(19,20)18-6-2-3-10(9-18)7-13(17-15)11-4-5-16-8-12(11)14/h4-5,8,10,13,17H,2-3,6-7,9,15H2,1H3. The molecule has 21 heavy (non-hydrogen) atoms. The molecule has 1 saturated heterocycles. The number of nitrogens with two attached hydrogens (primary N) is 1. The topological polar surface area (TPSA) is 88.3 Å². The van der Waals surface area contributed by atoms with Gasteiger partial charge in [0.15, 0.2) is 0 Å². The molecule has 2 unspecified atom stereocenters. The van der Waals surface area contributed by atoms with E-state index >= 15 is 0 Å². The Labute approximate surface area is 124 Å². The number of hydrogen-bond donors (Lipinski definition) is 2. The van der Waals surface area contributed by atoms with Crippen LogP contribution in [0.25, 0.3) is 0 Å². The number of nitrogens with zero attached hydrogens (tertiary/aromatic N) is 2. The van der Waals surface area contributed by atoms with Crippen LogP contribution in [0, 0.1) is 11.7 Å². The summed E-state index contributed by atoms with van der Waals surface area (Å²) < 4.78 is 38.5. The van der Waals surface area contributed by atoms with E-state index in [1.54, 1.807) is 6.07 Å². The molecule has 0 aliphatic carbocycles. The molecule has 0 amide bonds. The Morgan fingerprint density at radius 3 is 3.00 bits per heavy atom. The Hall–Kier alpha value is -1.09. The number of halogens is 1. The van der Waals surface area contributed by atoms with Crippen molar-refractivity contribution in [1.82, 2.24) is 14.7 Å². The predicted octanol–water partition coefficient (Wildman–Crippen LogP) is 0.787. The molecular formula is C13H21FN4O2S.